The maximum atomic E-state index is 11.9. The fourth-order valence-electron chi connectivity index (χ4n) is 3.91. The van der Waals surface area contributed by atoms with E-state index in [-0.39, 0.29) is 11.6 Å². The van der Waals surface area contributed by atoms with Gasteiger partial charge in [-0.25, -0.2) is 4.79 Å². The third-order valence-corrected chi connectivity index (χ3v) is 5.20. The molecule has 2 aliphatic rings. The van der Waals surface area contributed by atoms with Gasteiger partial charge >= 0.3 is 5.97 Å². The molecule has 0 spiro atoms. The van der Waals surface area contributed by atoms with Crippen LogP contribution in [0.4, 0.5) is 0 Å². The zero-order valence-corrected chi connectivity index (χ0v) is 12.0. The second-order valence-corrected chi connectivity index (χ2v) is 6.42. The van der Waals surface area contributed by atoms with E-state index in [2.05, 4.69) is 20.4 Å². The summed E-state index contributed by atoms with van der Waals surface area (Å²) in [5.41, 5.74) is 0.284. The van der Waals surface area contributed by atoms with Crippen LogP contribution in [0, 0.1) is 17.8 Å². The van der Waals surface area contributed by atoms with Crippen molar-refractivity contribution in [2.24, 2.45) is 17.8 Å². The van der Waals surface area contributed by atoms with Gasteiger partial charge in [0.2, 0.25) is 0 Å². The average molecular weight is 250 g/mol. The van der Waals surface area contributed by atoms with Gasteiger partial charge in [-0.15, -0.1) is 0 Å². The Morgan fingerprint density at radius 3 is 2.33 bits per heavy atom. The lowest BCUT2D eigenvalue weighted by Gasteiger charge is -2.52. The largest absolute Gasteiger partial charge is 0.455 e. The Balaban J connectivity index is 2.16. The molecule has 0 amide bonds. The van der Waals surface area contributed by atoms with Crippen LogP contribution in [0.3, 0.4) is 0 Å². The summed E-state index contributed by atoms with van der Waals surface area (Å²) >= 11 is 0. The first-order valence-corrected chi connectivity index (χ1v) is 7.36. The molecule has 0 N–H and O–H groups in total. The van der Waals surface area contributed by atoms with Crippen LogP contribution in [0.5, 0.6) is 0 Å². The summed E-state index contributed by atoms with van der Waals surface area (Å²) in [6, 6.07) is 0. The number of ether oxygens (including phenoxy) is 1. The number of carbonyl (C=O) groups excluding carboxylic acids is 1. The van der Waals surface area contributed by atoms with Gasteiger partial charge in [-0.05, 0) is 57.3 Å². The van der Waals surface area contributed by atoms with E-state index in [1.807, 2.05) is 0 Å². The molecule has 2 bridgehead atoms. The summed E-state index contributed by atoms with van der Waals surface area (Å²) in [4.78, 5) is 11.9. The normalized spacial score (nSPS) is 39.2. The Kier molecular flexibility index (Phi) is 3.84. The van der Waals surface area contributed by atoms with E-state index >= 15 is 0 Å². The van der Waals surface area contributed by atoms with Gasteiger partial charge in [-0.2, -0.15) is 0 Å². The summed E-state index contributed by atoms with van der Waals surface area (Å²) in [7, 11) is 0. The molecular formula is C16H26O2. The summed E-state index contributed by atoms with van der Waals surface area (Å²) in [6.07, 6.45) is 7.45. The van der Waals surface area contributed by atoms with E-state index in [0.717, 1.165) is 5.92 Å². The highest BCUT2D eigenvalue weighted by molar-refractivity contribution is 5.87. The van der Waals surface area contributed by atoms with E-state index in [0.29, 0.717) is 17.4 Å². The second-order valence-electron chi connectivity index (χ2n) is 6.42. The molecule has 2 unspecified atom stereocenters. The van der Waals surface area contributed by atoms with Crippen LogP contribution in [0.2, 0.25) is 0 Å². The third-order valence-electron chi connectivity index (χ3n) is 5.20. The maximum Gasteiger partial charge on any atom is 0.333 e. The number of esters is 1. The molecule has 0 saturated heterocycles. The molecule has 0 radical (unpaired) electrons. The fraction of sp³-hybridized carbons (Fsp3) is 0.812. The Morgan fingerprint density at radius 2 is 1.89 bits per heavy atom. The number of hydrogen-bond donors (Lipinski definition) is 0. The molecular weight excluding hydrogens is 224 g/mol. The van der Waals surface area contributed by atoms with E-state index < -0.39 is 0 Å². The highest BCUT2D eigenvalue weighted by atomic mass is 16.6. The van der Waals surface area contributed by atoms with Crippen molar-refractivity contribution in [3.8, 4) is 0 Å². The average Bonchev–Trinajstić information content (AvgIpc) is 2.27. The van der Waals surface area contributed by atoms with Crippen molar-refractivity contribution in [3.05, 3.63) is 12.2 Å². The minimum absolute atomic E-state index is 0.204. The predicted molar refractivity (Wildman–Crippen MR) is 73.2 cm³/mol. The number of carbonyl (C=O) groups is 1. The third kappa shape index (κ3) is 2.34. The molecule has 2 fully saturated rings. The lowest BCUT2D eigenvalue weighted by Crippen LogP contribution is -2.53. The van der Waals surface area contributed by atoms with Gasteiger partial charge in [-0.1, -0.05) is 26.3 Å². The molecule has 0 aliphatic heterocycles. The molecule has 0 aromatic rings. The zero-order valence-electron chi connectivity index (χ0n) is 12.0. The summed E-state index contributed by atoms with van der Waals surface area (Å²) in [5, 5.41) is 0. The maximum absolute atomic E-state index is 11.9. The summed E-state index contributed by atoms with van der Waals surface area (Å²) in [6.45, 7) is 9.88. The predicted octanol–water partition coefficient (Wildman–Crippen LogP) is 4.10. The standard InChI is InChI=1S/C16H26O2/c1-5-12-9-13-7-6-8-14(10-12)16(13,4)18-15(17)11(2)3/h12-14H,2,5-10H2,1,3-4H3. The molecule has 0 aromatic carbocycles. The number of hydrogen-bond acceptors (Lipinski definition) is 2. The van der Waals surface area contributed by atoms with Gasteiger partial charge in [0.25, 0.3) is 0 Å². The monoisotopic (exact) mass is 250 g/mol. The molecule has 0 aromatic heterocycles. The second kappa shape index (κ2) is 5.07. The Labute approximate surface area is 111 Å². The van der Waals surface area contributed by atoms with Crippen LogP contribution in [0.1, 0.15) is 59.3 Å². The fourth-order valence-corrected chi connectivity index (χ4v) is 3.91. The van der Waals surface area contributed by atoms with Gasteiger partial charge in [0.05, 0.1) is 0 Å². The van der Waals surface area contributed by atoms with Crippen LogP contribution < -0.4 is 0 Å². The van der Waals surface area contributed by atoms with Crippen molar-refractivity contribution in [1.82, 2.24) is 0 Å². The Morgan fingerprint density at radius 1 is 1.33 bits per heavy atom. The molecule has 0 heterocycles. The molecule has 18 heavy (non-hydrogen) atoms. The van der Waals surface area contributed by atoms with Crippen LogP contribution in [0.25, 0.3) is 0 Å². The van der Waals surface area contributed by atoms with E-state index in [4.69, 9.17) is 4.74 Å². The smallest absolute Gasteiger partial charge is 0.333 e. The number of fused-ring (bicyclic) bond motifs is 2. The van der Waals surface area contributed by atoms with Crippen LogP contribution in [-0.2, 0) is 9.53 Å². The molecule has 102 valence electrons. The van der Waals surface area contributed by atoms with Gasteiger partial charge in [-0.3, -0.25) is 0 Å². The minimum Gasteiger partial charge on any atom is -0.455 e. The van der Waals surface area contributed by atoms with Gasteiger partial charge in [0.15, 0.2) is 0 Å². The molecule has 2 aliphatic carbocycles. The molecule has 2 nitrogen and oxygen atoms in total. The topological polar surface area (TPSA) is 26.3 Å². The highest BCUT2D eigenvalue weighted by Crippen LogP contribution is 2.51. The first-order chi connectivity index (χ1) is 8.47. The Bertz CT molecular complexity index is 331. The Hall–Kier alpha value is -0.790. The van der Waals surface area contributed by atoms with Crippen molar-refractivity contribution < 1.29 is 9.53 Å². The molecule has 2 atom stereocenters. The number of rotatable bonds is 3. The molecule has 2 heteroatoms. The van der Waals surface area contributed by atoms with E-state index in [9.17, 15) is 4.79 Å². The van der Waals surface area contributed by atoms with Gasteiger partial charge < -0.3 is 4.74 Å². The lowest BCUT2D eigenvalue weighted by atomic mass is 9.59. The zero-order chi connectivity index (χ0) is 13.3. The summed E-state index contributed by atoms with van der Waals surface area (Å²) in [5.74, 6) is 1.73. The van der Waals surface area contributed by atoms with Crippen molar-refractivity contribution in [1.29, 1.82) is 0 Å². The quantitative estimate of drug-likeness (QED) is 0.557. The van der Waals surface area contributed by atoms with Crippen LogP contribution in [-0.4, -0.2) is 11.6 Å². The van der Waals surface area contributed by atoms with Crippen molar-refractivity contribution in [2.45, 2.75) is 64.9 Å². The molecule has 2 rings (SSSR count). The van der Waals surface area contributed by atoms with E-state index in [1.165, 1.54) is 38.5 Å². The van der Waals surface area contributed by atoms with Crippen LogP contribution in [0.15, 0.2) is 12.2 Å². The SMILES string of the molecule is C=C(C)C(=O)OC1(C)C2CCCC1CC(CC)C2. The highest BCUT2D eigenvalue weighted by Gasteiger charge is 2.51. The van der Waals surface area contributed by atoms with Gasteiger partial charge in [0, 0.05) is 5.57 Å². The van der Waals surface area contributed by atoms with Crippen molar-refractivity contribution in [3.63, 3.8) is 0 Å². The van der Waals surface area contributed by atoms with Crippen molar-refractivity contribution >= 4 is 5.97 Å². The minimum atomic E-state index is -0.236. The molecule has 2 saturated carbocycles. The first kappa shape index (κ1) is 13.6. The lowest BCUT2D eigenvalue weighted by molar-refractivity contribution is -0.183. The van der Waals surface area contributed by atoms with Crippen LogP contribution >= 0.6 is 0 Å². The van der Waals surface area contributed by atoms with E-state index in [1.54, 1.807) is 6.92 Å². The summed E-state index contributed by atoms with van der Waals surface area (Å²) < 4.78 is 5.86. The van der Waals surface area contributed by atoms with Crippen molar-refractivity contribution in [2.75, 3.05) is 0 Å². The first-order valence-electron chi connectivity index (χ1n) is 7.36. The van der Waals surface area contributed by atoms with Gasteiger partial charge in [0.1, 0.15) is 5.60 Å².